The van der Waals surface area contributed by atoms with Crippen LogP contribution in [0.3, 0.4) is 0 Å². The van der Waals surface area contributed by atoms with Crippen LogP contribution in [0.1, 0.15) is 17.4 Å². The lowest BCUT2D eigenvalue weighted by atomic mass is 10.3. The molecule has 7 nitrogen and oxygen atoms in total. The fourth-order valence-electron chi connectivity index (χ4n) is 0.817. The van der Waals surface area contributed by atoms with Gasteiger partial charge in [-0.3, -0.25) is 14.7 Å². The highest BCUT2D eigenvalue weighted by atomic mass is 16.2. The molecule has 1 heterocycles. The normalized spacial score (nSPS) is 12.1. The first-order chi connectivity index (χ1) is 6.52. The van der Waals surface area contributed by atoms with Crippen LogP contribution in [-0.4, -0.2) is 28.1 Å². The summed E-state index contributed by atoms with van der Waals surface area (Å²) >= 11 is 0. The molecule has 0 aliphatic carbocycles. The number of nitrogens with one attached hydrogen (secondary N) is 2. The van der Waals surface area contributed by atoms with Gasteiger partial charge in [0.1, 0.15) is 11.7 Å². The standard InChI is InChI=1S/C7H11N5O2/c1-3(6(9)13)11-7(14)5-4(8)2-10-12-5/h2-3H,8H2,1H3,(H2,9,13)(H,10,12)(H,11,14). The van der Waals surface area contributed by atoms with E-state index in [9.17, 15) is 9.59 Å². The molecule has 14 heavy (non-hydrogen) atoms. The van der Waals surface area contributed by atoms with Crippen LogP contribution in [-0.2, 0) is 4.79 Å². The quantitative estimate of drug-likeness (QED) is 0.475. The molecule has 1 unspecified atom stereocenters. The third-order valence-corrected chi connectivity index (χ3v) is 1.67. The van der Waals surface area contributed by atoms with Crippen molar-refractivity contribution in [1.82, 2.24) is 15.5 Å². The maximum Gasteiger partial charge on any atom is 0.272 e. The van der Waals surface area contributed by atoms with Gasteiger partial charge in [0.2, 0.25) is 5.91 Å². The Hall–Kier alpha value is -2.05. The number of rotatable bonds is 3. The minimum atomic E-state index is -0.745. The van der Waals surface area contributed by atoms with E-state index in [-0.39, 0.29) is 11.4 Å². The highest BCUT2D eigenvalue weighted by Crippen LogP contribution is 2.05. The van der Waals surface area contributed by atoms with Gasteiger partial charge in [0.15, 0.2) is 0 Å². The molecule has 0 aromatic carbocycles. The first kappa shape index (κ1) is 10.0. The molecule has 1 aromatic heterocycles. The first-order valence-corrected chi connectivity index (χ1v) is 3.91. The second-order valence-corrected chi connectivity index (χ2v) is 2.80. The van der Waals surface area contributed by atoms with E-state index in [2.05, 4.69) is 15.5 Å². The SMILES string of the molecule is CC(NC(=O)c1[nH]ncc1N)C(N)=O. The Kier molecular flexibility index (Phi) is 2.70. The monoisotopic (exact) mass is 197 g/mol. The molecule has 0 aliphatic rings. The number of aromatic nitrogens is 2. The summed E-state index contributed by atoms with van der Waals surface area (Å²) in [6, 6.07) is -0.745. The second kappa shape index (κ2) is 3.77. The van der Waals surface area contributed by atoms with Gasteiger partial charge in [-0.25, -0.2) is 0 Å². The molecule has 7 heteroatoms. The van der Waals surface area contributed by atoms with Crippen LogP contribution < -0.4 is 16.8 Å². The smallest absolute Gasteiger partial charge is 0.272 e. The predicted octanol–water partition coefficient (Wildman–Crippen LogP) is -1.40. The number of aromatic amines is 1. The number of carbonyl (C=O) groups excluding carboxylic acids is 2. The summed E-state index contributed by atoms with van der Waals surface area (Å²) in [4.78, 5) is 22.0. The van der Waals surface area contributed by atoms with E-state index < -0.39 is 17.9 Å². The summed E-state index contributed by atoms with van der Waals surface area (Å²) in [7, 11) is 0. The number of carbonyl (C=O) groups is 2. The van der Waals surface area contributed by atoms with Crippen LogP contribution in [0.5, 0.6) is 0 Å². The summed E-state index contributed by atoms with van der Waals surface area (Å²) in [5, 5.41) is 8.34. The molecule has 0 saturated heterocycles. The molecule has 0 radical (unpaired) electrons. The lowest BCUT2D eigenvalue weighted by molar-refractivity contribution is -0.119. The number of primary amides is 1. The molecule has 76 valence electrons. The minimum Gasteiger partial charge on any atom is -0.396 e. The van der Waals surface area contributed by atoms with Gasteiger partial charge in [-0.15, -0.1) is 0 Å². The Morgan fingerprint density at radius 2 is 2.29 bits per heavy atom. The molecule has 0 bridgehead atoms. The molecule has 0 fully saturated rings. The van der Waals surface area contributed by atoms with Gasteiger partial charge in [0.05, 0.1) is 11.9 Å². The van der Waals surface area contributed by atoms with E-state index in [0.29, 0.717) is 0 Å². The largest absolute Gasteiger partial charge is 0.396 e. The number of anilines is 1. The summed E-state index contributed by atoms with van der Waals surface area (Å²) < 4.78 is 0. The highest BCUT2D eigenvalue weighted by molar-refractivity contribution is 5.99. The van der Waals surface area contributed by atoms with Crippen molar-refractivity contribution in [1.29, 1.82) is 0 Å². The summed E-state index contributed by atoms with van der Waals surface area (Å²) in [5.41, 5.74) is 10.7. The van der Waals surface area contributed by atoms with Crippen molar-refractivity contribution in [2.24, 2.45) is 5.73 Å². The Morgan fingerprint density at radius 3 is 2.71 bits per heavy atom. The number of hydrogen-bond acceptors (Lipinski definition) is 4. The Labute approximate surface area is 79.8 Å². The van der Waals surface area contributed by atoms with Gasteiger partial charge in [-0.1, -0.05) is 0 Å². The van der Waals surface area contributed by atoms with Crippen molar-refractivity contribution in [3.63, 3.8) is 0 Å². The van der Waals surface area contributed by atoms with E-state index >= 15 is 0 Å². The molecular formula is C7H11N5O2. The zero-order valence-electron chi connectivity index (χ0n) is 7.57. The van der Waals surface area contributed by atoms with Crippen LogP contribution >= 0.6 is 0 Å². The zero-order valence-corrected chi connectivity index (χ0v) is 7.57. The number of nitrogen functional groups attached to an aromatic ring is 1. The lowest BCUT2D eigenvalue weighted by Gasteiger charge is -2.08. The lowest BCUT2D eigenvalue weighted by Crippen LogP contribution is -2.42. The zero-order chi connectivity index (χ0) is 10.7. The summed E-state index contributed by atoms with van der Waals surface area (Å²) in [6.07, 6.45) is 1.31. The first-order valence-electron chi connectivity index (χ1n) is 3.91. The molecule has 0 saturated carbocycles. The summed E-state index contributed by atoms with van der Waals surface area (Å²) in [6.45, 7) is 1.48. The Balaban J connectivity index is 2.69. The second-order valence-electron chi connectivity index (χ2n) is 2.80. The fourth-order valence-corrected chi connectivity index (χ4v) is 0.817. The van der Waals surface area contributed by atoms with E-state index in [0.717, 1.165) is 0 Å². The third-order valence-electron chi connectivity index (χ3n) is 1.67. The van der Waals surface area contributed by atoms with Crippen molar-refractivity contribution >= 4 is 17.5 Å². The molecule has 1 rings (SSSR count). The van der Waals surface area contributed by atoms with Gasteiger partial charge in [0.25, 0.3) is 5.91 Å². The molecule has 1 aromatic rings. The molecule has 2 amide bonds. The van der Waals surface area contributed by atoms with Crippen LogP contribution in [0.4, 0.5) is 5.69 Å². The number of amides is 2. The molecular weight excluding hydrogens is 186 g/mol. The number of H-pyrrole nitrogens is 1. The predicted molar refractivity (Wildman–Crippen MR) is 49.1 cm³/mol. The average Bonchev–Trinajstić information content (AvgIpc) is 2.51. The van der Waals surface area contributed by atoms with Crippen LogP contribution in [0.25, 0.3) is 0 Å². The number of nitrogens with zero attached hydrogens (tertiary/aromatic N) is 1. The number of nitrogens with two attached hydrogens (primary N) is 2. The van der Waals surface area contributed by atoms with Crippen LogP contribution in [0.2, 0.25) is 0 Å². The topological polar surface area (TPSA) is 127 Å². The van der Waals surface area contributed by atoms with E-state index in [1.54, 1.807) is 0 Å². The molecule has 1 atom stereocenters. The summed E-state index contributed by atoms with van der Waals surface area (Å²) in [5.74, 6) is -1.12. The van der Waals surface area contributed by atoms with Crippen LogP contribution in [0, 0.1) is 0 Å². The van der Waals surface area contributed by atoms with Gasteiger partial charge >= 0.3 is 0 Å². The van der Waals surface area contributed by atoms with Gasteiger partial charge < -0.3 is 16.8 Å². The van der Waals surface area contributed by atoms with Gasteiger partial charge in [-0.05, 0) is 6.92 Å². The third kappa shape index (κ3) is 2.00. The molecule has 0 spiro atoms. The van der Waals surface area contributed by atoms with Crippen LogP contribution in [0.15, 0.2) is 6.20 Å². The van der Waals surface area contributed by atoms with Gasteiger partial charge in [-0.2, -0.15) is 5.10 Å². The van der Waals surface area contributed by atoms with Crippen molar-refractivity contribution in [3.05, 3.63) is 11.9 Å². The molecule has 0 aliphatic heterocycles. The minimum absolute atomic E-state index is 0.123. The van der Waals surface area contributed by atoms with Crippen molar-refractivity contribution < 1.29 is 9.59 Å². The average molecular weight is 197 g/mol. The molecule has 6 N–H and O–H groups in total. The van der Waals surface area contributed by atoms with E-state index in [4.69, 9.17) is 11.5 Å². The maximum atomic E-state index is 11.4. The fraction of sp³-hybridized carbons (Fsp3) is 0.286. The maximum absolute atomic E-state index is 11.4. The highest BCUT2D eigenvalue weighted by Gasteiger charge is 2.16. The van der Waals surface area contributed by atoms with Crippen molar-refractivity contribution in [3.8, 4) is 0 Å². The van der Waals surface area contributed by atoms with E-state index in [1.807, 2.05) is 0 Å². The van der Waals surface area contributed by atoms with E-state index in [1.165, 1.54) is 13.1 Å². The van der Waals surface area contributed by atoms with Crippen molar-refractivity contribution in [2.75, 3.05) is 5.73 Å². The van der Waals surface area contributed by atoms with Gasteiger partial charge in [0, 0.05) is 0 Å². The Bertz CT molecular complexity index is 359. The van der Waals surface area contributed by atoms with Crippen molar-refractivity contribution in [2.45, 2.75) is 13.0 Å². The number of hydrogen-bond donors (Lipinski definition) is 4. The Morgan fingerprint density at radius 1 is 1.64 bits per heavy atom.